The fourth-order valence-electron chi connectivity index (χ4n) is 4.43. The Morgan fingerprint density at radius 2 is 0.947 bits per heavy atom. The van der Waals surface area contributed by atoms with Gasteiger partial charge in [0.2, 0.25) is 5.75 Å². The Kier molecular flexibility index (Phi) is 20.6. The van der Waals surface area contributed by atoms with Crippen LogP contribution in [-0.2, 0) is 0 Å². The van der Waals surface area contributed by atoms with Gasteiger partial charge in [-0.3, -0.25) is 10.0 Å². The van der Waals surface area contributed by atoms with Crippen LogP contribution in [0.5, 0.6) is 17.2 Å². The van der Waals surface area contributed by atoms with Gasteiger partial charge in [0.05, 0.1) is 19.8 Å². The molecule has 1 amide bonds. The molecule has 0 aromatic heterocycles. The van der Waals surface area contributed by atoms with Crippen molar-refractivity contribution in [3.8, 4) is 17.2 Å². The van der Waals surface area contributed by atoms with Crippen LogP contribution in [0.4, 0.5) is 0 Å². The fraction of sp³-hybridized carbons (Fsp3) is 0.781. The predicted molar refractivity (Wildman–Crippen MR) is 157 cm³/mol. The summed E-state index contributed by atoms with van der Waals surface area (Å²) in [6, 6.07) is 3.36. The van der Waals surface area contributed by atoms with E-state index in [2.05, 4.69) is 20.8 Å². The highest BCUT2D eigenvalue weighted by atomic mass is 16.5. The third-order valence-electron chi connectivity index (χ3n) is 6.82. The van der Waals surface area contributed by atoms with E-state index in [9.17, 15) is 10.0 Å². The van der Waals surface area contributed by atoms with Crippen molar-refractivity contribution in [1.82, 2.24) is 5.06 Å². The first-order chi connectivity index (χ1) is 18.5. The van der Waals surface area contributed by atoms with E-state index in [1.165, 1.54) is 84.1 Å². The molecule has 0 aliphatic heterocycles. The van der Waals surface area contributed by atoms with Gasteiger partial charge in [0, 0.05) is 12.6 Å². The highest BCUT2D eigenvalue weighted by Gasteiger charge is 2.20. The first-order valence-corrected chi connectivity index (χ1v) is 15.6. The smallest absolute Gasteiger partial charge is 0.277 e. The van der Waals surface area contributed by atoms with E-state index in [1.54, 1.807) is 12.1 Å². The van der Waals surface area contributed by atoms with Gasteiger partial charge in [0.25, 0.3) is 5.91 Å². The summed E-state index contributed by atoms with van der Waals surface area (Å²) in [5.74, 6) is 1.12. The van der Waals surface area contributed by atoms with Crippen molar-refractivity contribution < 1.29 is 24.2 Å². The van der Waals surface area contributed by atoms with Crippen molar-refractivity contribution in [1.29, 1.82) is 0 Å². The second-order valence-corrected chi connectivity index (χ2v) is 10.5. The monoisotopic (exact) mass is 535 g/mol. The number of hydrogen-bond acceptors (Lipinski definition) is 5. The van der Waals surface area contributed by atoms with Crippen LogP contribution >= 0.6 is 0 Å². The lowest BCUT2D eigenvalue weighted by Gasteiger charge is -2.19. The Labute approximate surface area is 233 Å². The van der Waals surface area contributed by atoms with E-state index in [0.29, 0.717) is 47.7 Å². The quantitative estimate of drug-likeness (QED) is 0.0767. The Balaban J connectivity index is 2.92. The molecule has 0 aliphatic carbocycles. The molecule has 1 rings (SSSR count). The minimum absolute atomic E-state index is 0.331. The first kappa shape index (κ1) is 34.1. The maximum Gasteiger partial charge on any atom is 0.277 e. The van der Waals surface area contributed by atoms with E-state index < -0.39 is 5.91 Å². The Morgan fingerprint density at radius 3 is 1.32 bits per heavy atom. The molecule has 1 N–H and O–H groups in total. The van der Waals surface area contributed by atoms with Crippen LogP contribution in [0.1, 0.15) is 147 Å². The molecule has 0 aliphatic rings. The highest BCUT2D eigenvalue weighted by Crippen LogP contribution is 2.40. The molecule has 6 heteroatoms. The highest BCUT2D eigenvalue weighted by molar-refractivity contribution is 5.94. The number of rotatable bonds is 25. The fourth-order valence-corrected chi connectivity index (χ4v) is 4.43. The van der Waals surface area contributed by atoms with Crippen LogP contribution < -0.4 is 14.2 Å². The number of hydroxylamine groups is 2. The minimum Gasteiger partial charge on any atom is -0.490 e. The molecule has 0 unspecified atom stereocenters. The summed E-state index contributed by atoms with van der Waals surface area (Å²) in [5, 5.41) is 10.4. The molecule has 0 spiro atoms. The van der Waals surface area contributed by atoms with Gasteiger partial charge in [0.1, 0.15) is 0 Å². The topological polar surface area (TPSA) is 68.2 Å². The van der Waals surface area contributed by atoms with Crippen molar-refractivity contribution in [2.75, 3.05) is 26.9 Å². The summed E-state index contributed by atoms with van der Waals surface area (Å²) in [5.41, 5.74) is 0.331. The molecule has 0 atom stereocenters. The van der Waals surface area contributed by atoms with Crippen LogP contribution in [0.15, 0.2) is 12.1 Å². The van der Waals surface area contributed by atoms with Gasteiger partial charge in [-0.05, 0) is 31.4 Å². The van der Waals surface area contributed by atoms with Crippen molar-refractivity contribution in [2.24, 2.45) is 0 Å². The Bertz CT molecular complexity index is 683. The Morgan fingerprint density at radius 1 is 0.605 bits per heavy atom. The molecule has 0 bridgehead atoms. The summed E-state index contributed by atoms with van der Waals surface area (Å²) in [7, 11) is 1.33. The second-order valence-electron chi connectivity index (χ2n) is 10.5. The van der Waals surface area contributed by atoms with Crippen molar-refractivity contribution >= 4 is 5.91 Å². The van der Waals surface area contributed by atoms with E-state index >= 15 is 0 Å². The lowest BCUT2D eigenvalue weighted by molar-refractivity contribution is -0.0375. The maximum absolute atomic E-state index is 12.6. The van der Waals surface area contributed by atoms with Crippen LogP contribution in [0.2, 0.25) is 0 Å². The minimum atomic E-state index is -0.499. The molecule has 0 saturated carbocycles. The summed E-state index contributed by atoms with van der Waals surface area (Å²) in [6.45, 7) is 8.37. The lowest BCUT2D eigenvalue weighted by atomic mass is 10.1. The molecule has 220 valence electrons. The van der Waals surface area contributed by atoms with Gasteiger partial charge in [-0.2, -0.15) is 0 Å². The third-order valence-corrected chi connectivity index (χ3v) is 6.82. The predicted octanol–water partition coefficient (Wildman–Crippen LogP) is 9.37. The lowest BCUT2D eigenvalue weighted by Crippen LogP contribution is -2.22. The van der Waals surface area contributed by atoms with Crippen molar-refractivity contribution in [2.45, 2.75) is 136 Å². The number of hydrogen-bond donors (Lipinski definition) is 1. The van der Waals surface area contributed by atoms with Gasteiger partial charge < -0.3 is 14.2 Å². The van der Waals surface area contributed by atoms with Gasteiger partial charge in [-0.1, -0.05) is 117 Å². The molecule has 0 radical (unpaired) electrons. The average molecular weight is 536 g/mol. The van der Waals surface area contributed by atoms with E-state index in [1.807, 2.05) is 0 Å². The van der Waals surface area contributed by atoms with Crippen LogP contribution in [-0.4, -0.2) is 43.0 Å². The molecule has 0 heterocycles. The van der Waals surface area contributed by atoms with Crippen molar-refractivity contribution in [3.05, 3.63) is 17.7 Å². The maximum atomic E-state index is 12.6. The Hall–Kier alpha value is -1.95. The van der Waals surface area contributed by atoms with E-state index in [4.69, 9.17) is 14.2 Å². The zero-order chi connectivity index (χ0) is 27.8. The average Bonchev–Trinajstić information content (AvgIpc) is 2.91. The number of amides is 1. The zero-order valence-electron chi connectivity index (χ0n) is 25.0. The molecular formula is C32H57NO5. The van der Waals surface area contributed by atoms with Gasteiger partial charge in [-0.25, -0.2) is 5.06 Å². The number of carbonyl (C=O) groups excluding carboxylic acids is 1. The molecule has 0 saturated heterocycles. The summed E-state index contributed by atoms with van der Waals surface area (Å²) < 4.78 is 18.6. The third kappa shape index (κ3) is 15.5. The van der Waals surface area contributed by atoms with Crippen LogP contribution in [0.25, 0.3) is 0 Å². The zero-order valence-corrected chi connectivity index (χ0v) is 25.0. The second kappa shape index (κ2) is 23.0. The summed E-state index contributed by atoms with van der Waals surface area (Å²) in [4.78, 5) is 12.6. The normalized spacial score (nSPS) is 11.0. The van der Waals surface area contributed by atoms with Gasteiger partial charge in [0.15, 0.2) is 11.5 Å². The SMILES string of the molecule is CCCCCCCCOc1cc(C(=O)N(C)O)cc(OCCCCCCCC)c1OCCCCCCCC. The van der Waals surface area contributed by atoms with Gasteiger partial charge in [-0.15, -0.1) is 0 Å². The molecule has 1 aromatic carbocycles. The van der Waals surface area contributed by atoms with Crippen molar-refractivity contribution in [3.63, 3.8) is 0 Å². The number of benzene rings is 1. The van der Waals surface area contributed by atoms with Crippen LogP contribution in [0.3, 0.4) is 0 Å². The molecular weight excluding hydrogens is 478 g/mol. The van der Waals surface area contributed by atoms with E-state index in [-0.39, 0.29) is 0 Å². The standard InChI is InChI=1S/C32H57NO5/c1-5-8-11-14-17-20-23-36-29-26-28(32(34)33(4)35)27-30(37-24-21-18-15-12-9-6-2)31(29)38-25-22-19-16-13-10-7-3/h26-27,35H,5-25H2,1-4H3. The first-order valence-electron chi connectivity index (χ1n) is 15.6. The van der Waals surface area contributed by atoms with Gasteiger partial charge >= 0.3 is 0 Å². The van der Waals surface area contributed by atoms with Crippen LogP contribution in [0, 0.1) is 0 Å². The summed E-state index contributed by atoms with van der Waals surface area (Å²) in [6.07, 6.45) is 21.2. The number of ether oxygens (including phenoxy) is 3. The molecule has 38 heavy (non-hydrogen) atoms. The molecule has 1 aromatic rings. The largest absolute Gasteiger partial charge is 0.490 e. The number of unbranched alkanes of at least 4 members (excludes halogenated alkanes) is 15. The van der Waals surface area contributed by atoms with E-state index in [0.717, 1.165) is 38.5 Å². The molecule has 6 nitrogen and oxygen atoms in total. The summed E-state index contributed by atoms with van der Waals surface area (Å²) >= 11 is 0. The number of carbonyl (C=O) groups is 1. The molecule has 0 fully saturated rings. The number of nitrogens with zero attached hydrogens (tertiary/aromatic N) is 1.